The molecule has 0 unspecified atom stereocenters. The molecule has 0 fully saturated rings. The number of carbonyl (C=O) groups excluding carboxylic acids is 1. The van der Waals surface area contributed by atoms with Crippen LogP contribution in [0.1, 0.15) is 37.4 Å². The number of hydrogen-bond acceptors (Lipinski definition) is 4. The normalized spacial score (nSPS) is 10.3. The number of carboxylic acid groups (broad SMARTS) is 1. The van der Waals surface area contributed by atoms with E-state index in [2.05, 4.69) is 0 Å². The first kappa shape index (κ1) is 15.4. The first-order chi connectivity index (χ1) is 10.3. The van der Waals surface area contributed by atoms with Crippen LogP contribution < -0.4 is 0 Å². The average Bonchev–Trinajstić information content (AvgIpc) is 2.45. The number of carbonyl (C=O) groups is 2. The van der Waals surface area contributed by atoms with Gasteiger partial charge < -0.3 is 5.11 Å². The number of nitrogens with zero attached hydrogens (tertiary/aromatic N) is 1. The molecule has 6 nitrogen and oxygen atoms in total. The van der Waals surface area contributed by atoms with Crippen LogP contribution in [0.4, 0.5) is 5.69 Å². The smallest absolute Gasteiger partial charge is 0.342 e. The van der Waals surface area contributed by atoms with Gasteiger partial charge in [-0.05, 0) is 26.0 Å². The summed E-state index contributed by atoms with van der Waals surface area (Å²) >= 11 is 0. The number of benzene rings is 2. The van der Waals surface area contributed by atoms with Crippen LogP contribution in [-0.4, -0.2) is 21.8 Å². The summed E-state index contributed by atoms with van der Waals surface area (Å²) in [5.41, 5.74) is 0.663. The van der Waals surface area contributed by atoms with E-state index in [1.807, 2.05) is 6.92 Å². The molecule has 2 aromatic carbocycles. The van der Waals surface area contributed by atoms with E-state index in [0.717, 1.165) is 11.6 Å². The highest BCUT2D eigenvalue weighted by Crippen LogP contribution is 2.26. The number of rotatable bonds is 4. The van der Waals surface area contributed by atoms with Gasteiger partial charge in [0, 0.05) is 16.7 Å². The van der Waals surface area contributed by atoms with Gasteiger partial charge in [0.15, 0.2) is 5.78 Å². The van der Waals surface area contributed by atoms with Crippen LogP contribution in [0, 0.1) is 24.0 Å². The van der Waals surface area contributed by atoms with Crippen LogP contribution in [0.5, 0.6) is 0 Å². The summed E-state index contributed by atoms with van der Waals surface area (Å²) in [6, 6.07) is 9.19. The summed E-state index contributed by atoms with van der Waals surface area (Å²) in [5, 5.41) is 20.1. The molecule has 0 radical (unpaired) electrons. The first-order valence-corrected chi connectivity index (χ1v) is 6.45. The SMILES string of the molecule is Cc1ccc(C(=O)c2cc(C)c([N+](=O)[O-])c(C(=O)O)c2)cc1. The Balaban J connectivity index is 2.57. The molecule has 0 aliphatic rings. The maximum Gasteiger partial charge on any atom is 0.342 e. The van der Waals surface area contributed by atoms with Crippen molar-refractivity contribution < 1.29 is 19.6 Å². The minimum atomic E-state index is -1.44. The fourth-order valence-electron chi connectivity index (χ4n) is 2.19. The second-order valence-electron chi connectivity index (χ2n) is 4.95. The van der Waals surface area contributed by atoms with E-state index in [1.165, 1.54) is 13.0 Å². The quantitative estimate of drug-likeness (QED) is 0.531. The maximum absolute atomic E-state index is 12.4. The largest absolute Gasteiger partial charge is 0.477 e. The molecule has 22 heavy (non-hydrogen) atoms. The number of nitro groups is 1. The van der Waals surface area contributed by atoms with Gasteiger partial charge in [-0.25, -0.2) is 4.79 Å². The molecule has 0 bridgehead atoms. The van der Waals surface area contributed by atoms with Gasteiger partial charge in [-0.15, -0.1) is 0 Å². The third-order valence-electron chi connectivity index (χ3n) is 3.29. The minimum Gasteiger partial charge on any atom is -0.477 e. The van der Waals surface area contributed by atoms with E-state index in [4.69, 9.17) is 5.11 Å². The van der Waals surface area contributed by atoms with Crippen molar-refractivity contribution in [1.82, 2.24) is 0 Å². The van der Waals surface area contributed by atoms with E-state index >= 15 is 0 Å². The standard InChI is InChI=1S/C16H13NO5/c1-9-3-5-11(6-4-9)15(18)12-7-10(2)14(17(21)22)13(8-12)16(19)20/h3-8H,1-2H3,(H,19,20). The summed E-state index contributed by atoms with van der Waals surface area (Å²) in [5.74, 6) is -1.81. The lowest BCUT2D eigenvalue weighted by atomic mass is 9.97. The summed E-state index contributed by atoms with van der Waals surface area (Å²) in [6.45, 7) is 3.29. The van der Waals surface area contributed by atoms with Crippen molar-refractivity contribution in [3.05, 3.63) is 74.3 Å². The van der Waals surface area contributed by atoms with Gasteiger partial charge in [0.25, 0.3) is 5.69 Å². The average molecular weight is 299 g/mol. The molecule has 112 valence electrons. The summed E-state index contributed by atoms with van der Waals surface area (Å²) < 4.78 is 0. The van der Waals surface area contributed by atoms with Crippen LogP contribution in [-0.2, 0) is 0 Å². The maximum atomic E-state index is 12.4. The molecule has 0 atom stereocenters. The predicted octanol–water partition coefficient (Wildman–Crippen LogP) is 3.14. The lowest BCUT2D eigenvalue weighted by molar-refractivity contribution is -0.385. The second-order valence-corrected chi connectivity index (χ2v) is 4.95. The Morgan fingerprint density at radius 1 is 1.05 bits per heavy atom. The van der Waals surface area contributed by atoms with Gasteiger partial charge in [0.1, 0.15) is 5.56 Å². The fraction of sp³-hybridized carbons (Fsp3) is 0.125. The van der Waals surface area contributed by atoms with Crippen molar-refractivity contribution in [2.45, 2.75) is 13.8 Å². The zero-order valence-electron chi connectivity index (χ0n) is 12.0. The molecule has 0 saturated carbocycles. The lowest BCUT2D eigenvalue weighted by Crippen LogP contribution is -2.09. The van der Waals surface area contributed by atoms with Crippen molar-refractivity contribution in [3.63, 3.8) is 0 Å². The van der Waals surface area contributed by atoms with E-state index in [0.29, 0.717) is 5.56 Å². The van der Waals surface area contributed by atoms with Crippen LogP contribution in [0.3, 0.4) is 0 Å². The zero-order valence-corrected chi connectivity index (χ0v) is 12.0. The Bertz CT molecular complexity index is 778. The van der Waals surface area contributed by atoms with Crippen molar-refractivity contribution in [1.29, 1.82) is 0 Å². The number of ketones is 1. The van der Waals surface area contributed by atoms with Crippen LogP contribution >= 0.6 is 0 Å². The first-order valence-electron chi connectivity index (χ1n) is 6.45. The molecular weight excluding hydrogens is 286 g/mol. The molecule has 0 aliphatic heterocycles. The third kappa shape index (κ3) is 2.85. The summed E-state index contributed by atoms with van der Waals surface area (Å²) in [6.07, 6.45) is 0. The molecule has 1 N–H and O–H groups in total. The second kappa shape index (κ2) is 5.77. The highest BCUT2D eigenvalue weighted by Gasteiger charge is 2.25. The van der Waals surface area contributed by atoms with E-state index in [9.17, 15) is 19.7 Å². The van der Waals surface area contributed by atoms with Crippen LogP contribution in [0.15, 0.2) is 36.4 Å². The Hall–Kier alpha value is -3.02. The number of carboxylic acids is 1. The minimum absolute atomic E-state index is 0.115. The van der Waals surface area contributed by atoms with E-state index in [-0.39, 0.29) is 16.9 Å². The highest BCUT2D eigenvalue weighted by molar-refractivity contribution is 6.10. The molecule has 2 aromatic rings. The molecule has 0 heterocycles. The van der Waals surface area contributed by atoms with Gasteiger partial charge in [-0.1, -0.05) is 29.8 Å². The topological polar surface area (TPSA) is 97.5 Å². The van der Waals surface area contributed by atoms with Crippen molar-refractivity contribution in [2.75, 3.05) is 0 Å². The predicted molar refractivity (Wildman–Crippen MR) is 79.4 cm³/mol. The molecule has 6 heteroatoms. The molecule has 0 amide bonds. The molecular formula is C16H13NO5. The fourth-order valence-corrected chi connectivity index (χ4v) is 2.19. The Morgan fingerprint density at radius 3 is 2.14 bits per heavy atom. The zero-order chi connectivity index (χ0) is 16.4. The van der Waals surface area contributed by atoms with Crippen LogP contribution in [0.25, 0.3) is 0 Å². The number of hydrogen-bond donors (Lipinski definition) is 1. The van der Waals surface area contributed by atoms with Gasteiger partial charge in [-0.2, -0.15) is 0 Å². The molecule has 0 spiro atoms. The molecule has 0 saturated heterocycles. The third-order valence-corrected chi connectivity index (χ3v) is 3.29. The Kier molecular flexibility index (Phi) is 4.03. The van der Waals surface area contributed by atoms with Crippen molar-refractivity contribution in [3.8, 4) is 0 Å². The summed E-state index contributed by atoms with van der Waals surface area (Å²) in [7, 11) is 0. The van der Waals surface area contributed by atoms with Gasteiger partial charge in [0.2, 0.25) is 0 Å². The lowest BCUT2D eigenvalue weighted by Gasteiger charge is -2.07. The van der Waals surface area contributed by atoms with Crippen molar-refractivity contribution in [2.24, 2.45) is 0 Å². The molecule has 0 aliphatic carbocycles. The number of nitro benzene ring substituents is 1. The Morgan fingerprint density at radius 2 is 1.64 bits per heavy atom. The van der Waals surface area contributed by atoms with Crippen molar-refractivity contribution >= 4 is 17.4 Å². The van der Waals surface area contributed by atoms with E-state index < -0.39 is 22.1 Å². The number of aromatic carboxylic acids is 1. The number of aryl methyl sites for hydroxylation is 2. The van der Waals surface area contributed by atoms with Gasteiger partial charge in [-0.3, -0.25) is 14.9 Å². The molecule has 2 rings (SSSR count). The highest BCUT2D eigenvalue weighted by atomic mass is 16.6. The van der Waals surface area contributed by atoms with Gasteiger partial charge in [0.05, 0.1) is 4.92 Å². The Labute approximate surface area is 126 Å². The van der Waals surface area contributed by atoms with Gasteiger partial charge >= 0.3 is 5.97 Å². The summed E-state index contributed by atoms with van der Waals surface area (Å²) in [4.78, 5) is 33.9. The monoisotopic (exact) mass is 299 g/mol. The molecule has 0 aromatic heterocycles. The van der Waals surface area contributed by atoms with E-state index in [1.54, 1.807) is 24.3 Å². The van der Waals surface area contributed by atoms with Crippen LogP contribution in [0.2, 0.25) is 0 Å².